The highest BCUT2D eigenvalue weighted by molar-refractivity contribution is 7.92. The second kappa shape index (κ2) is 8.27. The quantitative estimate of drug-likeness (QED) is 0.605. The smallest absolute Gasteiger partial charge is 0.250 e. The molecule has 4 rings (SSSR count). The molecule has 0 bridgehead atoms. The third-order valence-corrected chi connectivity index (χ3v) is 6.33. The van der Waals surface area contributed by atoms with Crippen molar-refractivity contribution in [3.63, 3.8) is 0 Å². The number of carbonyl (C=O) groups excluding carboxylic acids is 1. The molecule has 30 heavy (non-hydrogen) atoms. The third-order valence-electron chi connectivity index (χ3n) is 4.95. The molecule has 0 spiro atoms. The second-order valence-electron chi connectivity index (χ2n) is 7.05. The first-order valence-electron chi connectivity index (χ1n) is 9.65. The lowest BCUT2D eigenvalue weighted by Gasteiger charge is -2.19. The summed E-state index contributed by atoms with van der Waals surface area (Å²) in [6, 6.07) is 14.1. The van der Waals surface area contributed by atoms with Crippen LogP contribution in [0, 0.1) is 0 Å². The summed E-state index contributed by atoms with van der Waals surface area (Å²) in [6.45, 7) is 1.63. The molecule has 0 aliphatic carbocycles. The van der Waals surface area contributed by atoms with E-state index in [0.717, 1.165) is 31.3 Å². The number of para-hydroxylation sites is 3. The van der Waals surface area contributed by atoms with E-state index >= 15 is 0 Å². The monoisotopic (exact) mass is 426 g/mol. The van der Waals surface area contributed by atoms with Gasteiger partial charge >= 0.3 is 0 Å². The number of methoxy groups -OCH3 is 1. The number of hydrogen-bond acceptors (Lipinski definition) is 7. The molecule has 1 aliphatic heterocycles. The molecule has 156 valence electrons. The van der Waals surface area contributed by atoms with Crippen LogP contribution >= 0.6 is 0 Å². The van der Waals surface area contributed by atoms with Crippen LogP contribution in [0.3, 0.4) is 0 Å². The van der Waals surface area contributed by atoms with Crippen molar-refractivity contribution in [1.82, 2.24) is 9.97 Å². The van der Waals surface area contributed by atoms with Gasteiger partial charge in [0.1, 0.15) is 17.3 Å². The lowest BCUT2D eigenvalue weighted by atomic mass is 10.2. The highest BCUT2D eigenvalue weighted by Crippen LogP contribution is 2.28. The summed E-state index contributed by atoms with van der Waals surface area (Å²) in [6.07, 6.45) is 2.06. The predicted octanol–water partition coefficient (Wildman–Crippen LogP) is 2.65. The van der Waals surface area contributed by atoms with Crippen LogP contribution in [0.5, 0.6) is 5.75 Å². The maximum Gasteiger partial charge on any atom is 0.250 e. The van der Waals surface area contributed by atoms with Crippen LogP contribution < -0.4 is 15.0 Å². The molecule has 1 N–H and O–H groups in total. The SMILES string of the molecule is COc1ccccc1NC(=O)CS(=O)(=O)c1nc(N2CCCC2)c2ccccc2n1. The van der Waals surface area contributed by atoms with E-state index in [2.05, 4.69) is 20.2 Å². The van der Waals surface area contributed by atoms with Crippen LogP contribution in [-0.2, 0) is 14.6 Å². The Labute approximate surface area is 174 Å². The van der Waals surface area contributed by atoms with Crippen molar-refractivity contribution in [2.45, 2.75) is 18.0 Å². The van der Waals surface area contributed by atoms with Crippen LogP contribution in [0.2, 0.25) is 0 Å². The topological polar surface area (TPSA) is 101 Å². The number of nitrogens with zero attached hydrogens (tertiary/aromatic N) is 3. The molecule has 1 aromatic heterocycles. The van der Waals surface area contributed by atoms with E-state index in [1.165, 1.54) is 7.11 Å². The van der Waals surface area contributed by atoms with Crippen molar-refractivity contribution in [1.29, 1.82) is 0 Å². The zero-order chi connectivity index (χ0) is 21.1. The predicted molar refractivity (Wildman–Crippen MR) is 115 cm³/mol. The Morgan fingerprint density at radius 1 is 1.07 bits per heavy atom. The largest absolute Gasteiger partial charge is 0.495 e. The number of aromatic nitrogens is 2. The van der Waals surface area contributed by atoms with Crippen molar-refractivity contribution >= 4 is 38.2 Å². The number of hydrogen-bond donors (Lipinski definition) is 1. The molecule has 1 fully saturated rings. The molecular weight excluding hydrogens is 404 g/mol. The van der Waals surface area contributed by atoms with Gasteiger partial charge in [-0.3, -0.25) is 4.79 Å². The van der Waals surface area contributed by atoms with Crippen LogP contribution in [0.1, 0.15) is 12.8 Å². The Balaban J connectivity index is 1.64. The minimum Gasteiger partial charge on any atom is -0.495 e. The molecule has 0 radical (unpaired) electrons. The fraction of sp³-hybridized carbons (Fsp3) is 0.286. The number of benzene rings is 2. The minimum absolute atomic E-state index is 0.335. The zero-order valence-electron chi connectivity index (χ0n) is 16.5. The van der Waals surface area contributed by atoms with Gasteiger partial charge in [0, 0.05) is 18.5 Å². The van der Waals surface area contributed by atoms with E-state index in [4.69, 9.17) is 4.74 Å². The summed E-state index contributed by atoms with van der Waals surface area (Å²) < 4.78 is 31.1. The maximum absolute atomic E-state index is 13.0. The second-order valence-corrected chi connectivity index (χ2v) is 8.93. The number of amides is 1. The van der Waals surface area contributed by atoms with Crippen LogP contribution in [-0.4, -0.2) is 50.2 Å². The fourth-order valence-corrected chi connectivity index (χ4v) is 4.53. The molecule has 1 saturated heterocycles. The van der Waals surface area contributed by atoms with Gasteiger partial charge in [0.05, 0.1) is 18.3 Å². The first kappa shape index (κ1) is 20.1. The minimum atomic E-state index is -4.04. The summed E-state index contributed by atoms with van der Waals surface area (Å²) in [7, 11) is -2.57. The lowest BCUT2D eigenvalue weighted by Crippen LogP contribution is -2.26. The van der Waals surface area contributed by atoms with Gasteiger partial charge in [-0.25, -0.2) is 18.4 Å². The Morgan fingerprint density at radius 2 is 1.77 bits per heavy atom. The normalized spacial score (nSPS) is 14.1. The number of nitrogens with one attached hydrogen (secondary N) is 1. The standard InChI is InChI=1S/C21H22N4O4S/c1-29-18-11-5-4-10-17(18)22-19(26)14-30(27,28)21-23-16-9-3-2-8-15(16)20(24-21)25-12-6-7-13-25/h2-5,8-11H,6-7,12-14H2,1H3,(H,22,26). The average Bonchev–Trinajstić information content (AvgIpc) is 3.27. The van der Waals surface area contributed by atoms with E-state index in [1.807, 2.05) is 12.1 Å². The molecule has 0 atom stereocenters. The van der Waals surface area contributed by atoms with E-state index < -0.39 is 21.5 Å². The highest BCUT2D eigenvalue weighted by Gasteiger charge is 2.26. The Bertz CT molecular complexity index is 1190. The van der Waals surface area contributed by atoms with Crippen LogP contribution in [0.25, 0.3) is 10.9 Å². The summed E-state index contributed by atoms with van der Waals surface area (Å²) in [4.78, 5) is 23.1. The number of carbonyl (C=O) groups is 1. The third kappa shape index (κ3) is 4.06. The average molecular weight is 426 g/mol. The van der Waals surface area contributed by atoms with Crippen molar-refractivity contribution in [2.24, 2.45) is 0 Å². The number of sulfone groups is 1. The summed E-state index contributed by atoms with van der Waals surface area (Å²) in [5.41, 5.74) is 0.940. The molecule has 0 unspecified atom stereocenters. The highest BCUT2D eigenvalue weighted by atomic mass is 32.2. The fourth-order valence-electron chi connectivity index (χ4n) is 3.52. The lowest BCUT2D eigenvalue weighted by molar-refractivity contribution is -0.113. The van der Waals surface area contributed by atoms with Crippen LogP contribution in [0.4, 0.5) is 11.5 Å². The molecule has 2 heterocycles. The maximum atomic E-state index is 13.0. The Kier molecular flexibility index (Phi) is 5.54. The first-order valence-corrected chi connectivity index (χ1v) is 11.3. The van der Waals surface area contributed by atoms with E-state index in [0.29, 0.717) is 22.8 Å². The van der Waals surface area contributed by atoms with Gasteiger partial charge in [-0.15, -0.1) is 0 Å². The van der Waals surface area contributed by atoms with Crippen molar-refractivity contribution in [2.75, 3.05) is 36.2 Å². The van der Waals surface area contributed by atoms with Crippen LogP contribution in [0.15, 0.2) is 53.7 Å². The first-order chi connectivity index (χ1) is 14.5. The van der Waals surface area contributed by atoms with Gasteiger partial charge in [-0.1, -0.05) is 24.3 Å². The molecule has 1 amide bonds. The van der Waals surface area contributed by atoms with E-state index in [1.54, 1.807) is 36.4 Å². The molecule has 1 aliphatic rings. The summed E-state index contributed by atoms with van der Waals surface area (Å²) in [5.74, 6) is -0.398. The van der Waals surface area contributed by atoms with Gasteiger partial charge in [-0.05, 0) is 37.1 Å². The molecule has 8 nitrogen and oxygen atoms in total. The number of anilines is 2. The van der Waals surface area contributed by atoms with E-state index in [9.17, 15) is 13.2 Å². The van der Waals surface area contributed by atoms with Gasteiger partial charge in [0.25, 0.3) is 0 Å². The van der Waals surface area contributed by atoms with Gasteiger partial charge in [0.15, 0.2) is 0 Å². The van der Waals surface area contributed by atoms with Crippen molar-refractivity contribution < 1.29 is 17.9 Å². The van der Waals surface area contributed by atoms with Crippen molar-refractivity contribution in [3.05, 3.63) is 48.5 Å². The van der Waals surface area contributed by atoms with Crippen molar-refractivity contribution in [3.8, 4) is 5.75 Å². The van der Waals surface area contributed by atoms with Gasteiger partial charge in [-0.2, -0.15) is 0 Å². The molecule has 0 saturated carbocycles. The molecule has 2 aromatic carbocycles. The number of rotatable bonds is 6. The number of fused-ring (bicyclic) bond motifs is 1. The Morgan fingerprint density at radius 3 is 2.53 bits per heavy atom. The van der Waals surface area contributed by atoms with E-state index in [-0.39, 0.29) is 5.16 Å². The summed E-state index contributed by atoms with van der Waals surface area (Å²) in [5, 5.41) is 3.05. The molecule has 9 heteroatoms. The zero-order valence-corrected chi connectivity index (χ0v) is 17.4. The molecule has 3 aromatic rings. The van der Waals surface area contributed by atoms with Gasteiger partial charge < -0.3 is 15.0 Å². The van der Waals surface area contributed by atoms with Gasteiger partial charge in [0.2, 0.25) is 20.9 Å². The summed E-state index contributed by atoms with van der Waals surface area (Å²) >= 11 is 0. The number of ether oxygens (including phenoxy) is 1. The molecular formula is C21H22N4O4S. The Hall–Kier alpha value is -3.20.